The molecular formula is C11H19Cl2F4N3O. The molecule has 1 saturated carbocycles. The summed E-state index contributed by atoms with van der Waals surface area (Å²) in [6.07, 6.45) is -2.36. The number of halogens is 6. The van der Waals surface area contributed by atoms with E-state index in [4.69, 9.17) is 5.73 Å². The summed E-state index contributed by atoms with van der Waals surface area (Å²) in [7, 11) is 0. The van der Waals surface area contributed by atoms with E-state index in [1.807, 2.05) is 0 Å². The molecule has 0 aromatic heterocycles. The lowest BCUT2D eigenvalue weighted by Crippen LogP contribution is -2.56. The van der Waals surface area contributed by atoms with Gasteiger partial charge in [0.2, 0.25) is 5.91 Å². The lowest BCUT2D eigenvalue weighted by atomic mass is 10.2. The highest BCUT2D eigenvalue weighted by Gasteiger charge is 2.49. The van der Waals surface area contributed by atoms with E-state index >= 15 is 0 Å². The summed E-state index contributed by atoms with van der Waals surface area (Å²) in [5.41, 5.74) is 5.00. The van der Waals surface area contributed by atoms with Crippen molar-refractivity contribution in [2.45, 2.75) is 30.7 Å². The highest BCUT2D eigenvalue weighted by molar-refractivity contribution is 5.89. The fraction of sp³-hybridized carbons (Fsp3) is 0.909. The zero-order valence-electron chi connectivity index (χ0n) is 11.2. The zero-order chi connectivity index (χ0) is 14.3. The van der Waals surface area contributed by atoms with Crippen LogP contribution in [0.25, 0.3) is 0 Å². The van der Waals surface area contributed by atoms with E-state index in [-0.39, 0.29) is 56.9 Å². The number of carbonyl (C=O) groups is 1. The van der Waals surface area contributed by atoms with E-state index in [0.717, 1.165) is 0 Å². The number of amides is 1. The fourth-order valence-corrected chi connectivity index (χ4v) is 2.14. The van der Waals surface area contributed by atoms with Crippen molar-refractivity contribution in [2.75, 3.05) is 32.7 Å². The van der Waals surface area contributed by atoms with Crippen LogP contribution in [0.1, 0.15) is 12.8 Å². The fourth-order valence-electron chi connectivity index (χ4n) is 2.14. The van der Waals surface area contributed by atoms with Gasteiger partial charge in [0.1, 0.15) is 0 Å². The summed E-state index contributed by atoms with van der Waals surface area (Å²) in [5, 5.41) is 0. The zero-order valence-corrected chi connectivity index (χ0v) is 12.9. The molecule has 21 heavy (non-hydrogen) atoms. The van der Waals surface area contributed by atoms with Crippen LogP contribution < -0.4 is 5.73 Å². The molecule has 1 saturated heterocycles. The molecular weight excluding hydrogens is 337 g/mol. The Bertz CT molecular complexity index is 361. The summed E-state index contributed by atoms with van der Waals surface area (Å²) in [4.78, 5) is 14.7. The molecule has 0 unspecified atom stereocenters. The van der Waals surface area contributed by atoms with Crippen LogP contribution in [0, 0.1) is 0 Å². The van der Waals surface area contributed by atoms with Gasteiger partial charge in [-0.2, -0.15) is 8.78 Å². The third kappa shape index (κ3) is 4.84. The van der Waals surface area contributed by atoms with Crippen molar-refractivity contribution in [1.29, 1.82) is 0 Å². The molecule has 2 rings (SSSR count). The number of nitrogens with zero attached hydrogens (tertiary/aromatic N) is 2. The topological polar surface area (TPSA) is 49.6 Å². The van der Waals surface area contributed by atoms with Crippen LogP contribution in [0.4, 0.5) is 17.6 Å². The Morgan fingerprint density at radius 2 is 1.62 bits per heavy atom. The van der Waals surface area contributed by atoms with Gasteiger partial charge in [-0.15, -0.1) is 24.8 Å². The van der Waals surface area contributed by atoms with Gasteiger partial charge in [0.15, 0.2) is 0 Å². The number of carbonyl (C=O) groups excluding carboxylic acids is 1. The number of hydrogen-bond acceptors (Lipinski definition) is 3. The van der Waals surface area contributed by atoms with E-state index in [2.05, 4.69) is 0 Å². The molecule has 2 aliphatic rings. The second-order valence-corrected chi connectivity index (χ2v) is 5.29. The maximum Gasteiger partial charge on any atom is 0.319 e. The Labute approximate surface area is 132 Å². The number of nitrogens with two attached hydrogens (primary N) is 1. The van der Waals surface area contributed by atoms with Crippen LogP contribution >= 0.6 is 24.8 Å². The van der Waals surface area contributed by atoms with E-state index < -0.39 is 24.4 Å². The van der Waals surface area contributed by atoms with Crippen molar-refractivity contribution < 1.29 is 22.4 Å². The van der Waals surface area contributed by atoms with Gasteiger partial charge in [-0.3, -0.25) is 9.69 Å². The van der Waals surface area contributed by atoms with Gasteiger partial charge in [0.25, 0.3) is 0 Å². The predicted molar refractivity (Wildman–Crippen MR) is 74.6 cm³/mol. The largest absolute Gasteiger partial charge is 0.339 e. The minimum absolute atomic E-state index is 0. The molecule has 1 aliphatic carbocycles. The maximum absolute atomic E-state index is 12.9. The Hall–Kier alpha value is -0.310. The van der Waals surface area contributed by atoms with Crippen molar-refractivity contribution >= 4 is 30.7 Å². The summed E-state index contributed by atoms with van der Waals surface area (Å²) >= 11 is 0. The first-order chi connectivity index (χ1) is 8.74. The Balaban J connectivity index is 0.00000200. The lowest BCUT2D eigenvalue weighted by molar-refractivity contribution is -0.149. The van der Waals surface area contributed by atoms with Crippen LogP contribution in [-0.4, -0.2) is 66.3 Å². The van der Waals surface area contributed by atoms with E-state index in [9.17, 15) is 22.4 Å². The van der Waals surface area contributed by atoms with Crippen LogP contribution in [0.15, 0.2) is 0 Å². The number of alkyl halides is 4. The van der Waals surface area contributed by atoms with E-state index in [0.29, 0.717) is 12.8 Å². The Morgan fingerprint density at radius 3 is 2.00 bits per heavy atom. The van der Waals surface area contributed by atoms with Gasteiger partial charge >= 0.3 is 12.3 Å². The SMILES string of the molecule is Cl.Cl.NC1(C(=O)N2CCN(CC(F)(F)C(F)F)CC2)CC1. The van der Waals surface area contributed by atoms with Gasteiger partial charge in [-0.25, -0.2) is 8.78 Å². The Kier molecular flexibility index (Phi) is 7.19. The number of hydrogen-bond donors (Lipinski definition) is 1. The van der Waals surface area contributed by atoms with Gasteiger partial charge in [0, 0.05) is 26.2 Å². The van der Waals surface area contributed by atoms with E-state index in [1.165, 1.54) is 9.80 Å². The highest BCUT2D eigenvalue weighted by atomic mass is 35.5. The van der Waals surface area contributed by atoms with Crippen molar-refractivity contribution in [2.24, 2.45) is 5.73 Å². The summed E-state index contributed by atoms with van der Waals surface area (Å²) in [6, 6.07) is 0. The van der Waals surface area contributed by atoms with Gasteiger partial charge in [0.05, 0.1) is 12.1 Å². The average molecular weight is 356 g/mol. The van der Waals surface area contributed by atoms with E-state index in [1.54, 1.807) is 0 Å². The first-order valence-corrected chi connectivity index (χ1v) is 6.21. The third-order valence-corrected chi connectivity index (χ3v) is 3.63. The molecule has 4 nitrogen and oxygen atoms in total. The van der Waals surface area contributed by atoms with Crippen LogP contribution in [0.3, 0.4) is 0 Å². The second-order valence-electron chi connectivity index (χ2n) is 5.29. The van der Waals surface area contributed by atoms with Gasteiger partial charge in [-0.1, -0.05) is 0 Å². The third-order valence-electron chi connectivity index (χ3n) is 3.63. The first-order valence-electron chi connectivity index (χ1n) is 6.21. The molecule has 1 amide bonds. The summed E-state index contributed by atoms with van der Waals surface area (Å²) < 4.78 is 49.9. The molecule has 126 valence electrons. The molecule has 0 bridgehead atoms. The number of rotatable bonds is 4. The Morgan fingerprint density at radius 1 is 1.14 bits per heavy atom. The van der Waals surface area contributed by atoms with Crippen molar-refractivity contribution in [3.05, 3.63) is 0 Å². The molecule has 0 atom stereocenters. The summed E-state index contributed by atoms with van der Waals surface area (Å²) in [6.45, 7) is -0.108. The van der Waals surface area contributed by atoms with Crippen molar-refractivity contribution in [1.82, 2.24) is 9.80 Å². The smallest absolute Gasteiger partial charge is 0.319 e. The first kappa shape index (κ1) is 20.7. The molecule has 0 aromatic rings. The van der Waals surface area contributed by atoms with Crippen LogP contribution in [0.2, 0.25) is 0 Å². The maximum atomic E-state index is 12.9. The van der Waals surface area contributed by atoms with Crippen molar-refractivity contribution in [3.63, 3.8) is 0 Å². The molecule has 2 N–H and O–H groups in total. The quantitative estimate of drug-likeness (QED) is 0.774. The normalized spacial score (nSPS) is 21.5. The molecule has 10 heteroatoms. The molecule has 0 aromatic carbocycles. The van der Waals surface area contributed by atoms with Crippen LogP contribution in [0.5, 0.6) is 0 Å². The van der Waals surface area contributed by atoms with Crippen LogP contribution in [-0.2, 0) is 4.79 Å². The number of piperazine rings is 1. The molecule has 0 radical (unpaired) electrons. The average Bonchev–Trinajstić information content (AvgIpc) is 3.08. The van der Waals surface area contributed by atoms with Crippen molar-refractivity contribution in [3.8, 4) is 0 Å². The molecule has 2 fully saturated rings. The second kappa shape index (κ2) is 7.30. The monoisotopic (exact) mass is 355 g/mol. The summed E-state index contributed by atoms with van der Waals surface area (Å²) in [5.74, 6) is -4.16. The van der Waals surface area contributed by atoms with Gasteiger partial charge < -0.3 is 10.6 Å². The standard InChI is InChI=1S/C11H17F4N3O.2ClH/c12-8(13)11(14,15)7-17-3-5-18(6-4-17)9(19)10(16)1-2-10;;/h8H,1-7,16H2;2*1H. The molecule has 1 aliphatic heterocycles. The van der Waals surface area contributed by atoms with Gasteiger partial charge in [-0.05, 0) is 12.8 Å². The highest BCUT2D eigenvalue weighted by Crippen LogP contribution is 2.34. The lowest BCUT2D eigenvalue weighted by Gasteiger charge is -2.37. The predicted octanol–water partition coefficient (Wildman–Crippen LogP) is 1.37. The minimum atomic E-state index is -4.00. The molecule has 1 heterocycles. The minimum Gasteiger partial charge on any atom is -0.339 e. The molecule has 0 spiro atoms.